The van der Waals surface area contributed by atoms with Crippen LogP contribution in [0.1, 0.15) is 22.7 Å². The number of halogens is 3. The molecule has 0 radical (unpaired) electrons. The van der Waals surface area contributed by atoms with E-state index in [1.54, 1.807) is 35.4 Å². The summed E-state index contributed by atoms with van der Waals surface area (Å²) in [7, 11) is 0. The van der Waals surface area contributed by atoms with E-state index in [2.05, 4.69) is 5.32 Å². The maximum Gasteiger partial charge on any atom is 0.416 e. The van der Waals surface area contributed by atoms with Crippen molar-refractivity contribution in [3.63, 3.8) is 0 Å². The van der Waals surface area contributed by atoms with Gasteiger partial charge in [0.25, 0.3) is 0 Å². The number of nitrogens with one attached hydrogen (secondary N) is 1. The van der Waals surface area contributed by atoms with E-state index in [0.29, 0.717) is 30.4 Å². The zero-order valence-corrected chi connectivity index (χ0v) is 21.3. The van der Waals surface area contributed by atoms with Crippen molar-refractivity contribution in [2.75, 3.05) is 23.4 Å². The second-order valence-corrected chi connectivity index (χ2v) is 10.2. The van der Waals surface area contributed by atoms with Crippen molar-refractivity contribution in [1.82, 2.24) is 4.90 Å². The van der Waals surface area contributed by atoms with Crippen LogP contribution in [0.25, 0.3) is 6.08 Å². The highest BCUT2D eigenvalue weighted by molar-refractivity contribution is 6.24. The summed E-state index contributed by atoms with van der Waals surface area (Å²) in [5, 5.41) is 2.56. The minimum Gasteiger partial charge on any atom is -0.486 e. The van der Waals surface area contributed by atoms with Crippen LogP contribution in [-0.2, 0) is 20.6 Å². The molecule has 0 aliphatic carbocycles. The standard InChI is InChI=1S/C30H22F3N3O5/c31-30(32,33)17-5-3-6-18(14-17)34-27(37)26-24-23(25-20-7-2-1-4-16(20)10-11-35(25)26)28(38)36(29(24)39)19-8-9-21-22(15-19)41-13-12-40-21/h1-11,14-15,23-26H,12-13H2,(H,34,37)/t23-,24+,25?,26-/m0/s1. The number of rotatable bonds is 3. The molecule has 7 rings (SSSR count). The smallest absolute Gasteiger partial charge is 0.416 e. The van der Waals surface area contributed by atoms with E-state index < -0.39 is 53.4 Å². The highest BCUT2D eigenvalue weighted by atomic mass is 19.4. The Balaban J connectivity index is 1.28. The fourth-order valence-electron chi connectivity index (χ4n) is 6.27. The van der Waals surface area contributed by atoms with E-state index in [9.17, 15) is 27.6 Å². The molecular formula is C30H22F3N3O5. The quantitative estimate of drug-likeness (QED) is 0.470. The van der Waals surface area contributed by atoms with Crippen molar-refractivity contribution in [2.24, 2.45) is 11.8 Å². The lowest BCUT2D eigenvalue weighted by Crippen LogP contribution is -2.46. The van der Waals surface area contributed by atoms with Crippen molar-refractivity contribution < 1.29 is 37.0 Å². The lowest BCUT2D eigenvalue weighted by atomic mass is 9.84. The van der Waals surface area contributed by atoms with Gasteiger partial charge in [0.2, 0.25) is 17.7 Å². The van der Waals surface area contributed by atoms with Crippen LogP contribution in [0.15, 0.2) is 72.9 Å². The number of imide groups is 1. The number of nitrogens with zero attached hydrogens (tertiary/aromatic N) is 2. The summed E-state index contributed by atoms with van der Waals surface area (Å²) in [5.74, 6) is -2.81. The summed E-state index contributed by atoms with van der Waals surface area (Å²) >= 11 is 0. The summed E-state index contributed by atoms with van der Waals surface area (Å²) in [6, 6.07) is 14.7. The van der Waals surface area contributed by atoms with Crippen molar-refractivity contribution in [2.45, 2.75) is 18.3 Å². The first-order valence-electron chi connectivity index (χ1n) is 13.0. The molecule has 4 heterocycles. The van der Waals surface area contributed by atoms with E-state index in [-0.39, 0.29) is 5.69 Å². The van der Waals surface area contributed by atoms with Crippen LogP contribution in [0.5, 0.6) is 11.5 Å². The van der Waals surface area contributed by atoms with Gasteiger partial charge in [0.15, 0.2) is 11.5 Å². The highest BCUT2D eigenvalue weighted by Gasteiger charge is 2.64. The van der Waals surface area contributed by atoms with Crippen LogP contribution in [-0.4, -0.2) is 41.9 Å². The predicted octanol–water partition coefficient (Wildman–Crippen LogP) is 4.63. The Bertz CT molecular complexity index is 1640. The van der Waals surface area contributed by atoms with Crippen molar-refractivity contribution in [1.29, 1.82) is 0 Å². The van der Waals surface area contributed by atoms with Gasteiger partial charge in [0.05, 0.1) is 29.1 Å². The number of hydrogen-bond acceptors (Lipinski definition) is 6. The number of carbonyl (C=O) groups is 3. The first-order valence-corrected chi connectivity index (χ1v) is 13.0. The Morgan fingerprint density at radius 2 is 1.63 bits per heavy atom. The third-order valence-corrected chi connectivity index (χ3v) is 7.97. The van der Waals surface area contributed by atoms with Gasteiger partial charge in [-0.15, -0.1) is 0 Å². The SMILES string of the molecule is O=C(Nc1cccc(C(F)(F)F)c1)[C@@H]1[C@@H]2C(=O)N(c3ccc4c(c3)OCCO4)C(=O)[C@@H]2C2c3ccccc3C=CN21. The minimum atomic E-state index is -4.60. The molecule has 0 spiro atoms. The Hall–Kier alpha value is -4.80. The zero-order chi connectivity index (χ0) is 28.5. The Labute approximate surface area is 231 Å². The van der Waals surface area contributed by atoms with Crippen LogP contribution in [0, 0.1) is 11.8 Å². The number of fused-ring (bicyclic) bond motifs is 6. The van der Waals surface area contributed by atoms with Crippen molar-refractivity contribution in [3.05, 3.63) is 89.6 Å². The second-order valence-electron chi connectivity index (χ2n) is 10.2. The fraction of sp³-hybridized carbons (Fsp3) is 0.233. The molecular weight excluding hydrogens is 539 g/mol. The monoisotopic (exact) mass is 561 g/mol. The predicted molar refractivity (Wildman–Crippen MR) is 141 cm³/mol. The van der Waals surface area contributed by atoms with Gasteiger partial charge >= 0.3 is 6.18 Å². The highest BCUT2D eigenvalue weighted by Crippen LogP contribution is 2.53. The Morgan fingerprint density at radius 1 is 0.878 bits per heavy atom. The number of alkyl halides is 3. The molecule has 3 amide bonds. The number of benzene rings is 3. The van der Waals surface area contributed by atoms with Gasteiger partial charge in [-0.2, -0.15) is 13.2 Å². The first-order chi connectivity index (χ1) is 19.7. The van der Waals surface area contributed by atoms with Crippen LogP contribution in [0.2, 0.25) is 0 Å². The molecule has 3 aromatic carbocycles. The van der Waals surface area contributed by atoms with E-state index in [1.807, 2.05) is 24.3 Å². The summed E-state index contributed by atoms with van der Waals surface area (Å²) in [4.78, 5) is 44.6. The molecule has 1 N–H and O–H groups in total. The molecule has 0 aromatic heterocycles. The maximum absolute atomic E-state index is 14.0. The summed E-state index contributed by atoms with van der Waals surface area (Å²) < 4.78 is 51.1. The molecule has 4 aliphatic rings. The van der Waals surface area contributed by atoms with Crippen LogP contribution >= 0.6 is 0 Å². The second kappa shape index (κ2) is 9.12. The van der Waals surface area contributed by atoms with Gasteiger partial charge in [-0.05, 0) is 47.5 Å². The van der Waals surface area contributed by atoms with E-state index in [1.165, 1.54) is 12.1 Å². The van der Waals surface area contributed by atoms with Gasteiger partial charge in [0, 0.05) is 18.0 Å². The number of carbonyl (C=O) groups excluding carboxylic acids is 3. The van der Waals surface area contributed by atoms with Gasteiger partial charge in [-0.25, -0.2) is 4.90 Å². The molecule has 11 heteroatoms. The number of anilines is 2. The normalized spacial score (nSPS) is 24.2. The lowest BCUT2D eigenvalue weighted by Gasteiger charge is -2.35. The van der Waals surface area contributed by atoms with E-state index >= 15 is 0 Å². The molecule has 4 aliphatic heterocycles. The lowest BCUT2D eigenvalue weighted by molar-refractivity contribution is -0.137. The Morgan fingerprint density at radius 3 is 2.44 bits per heavy atom. The average molecular weight is 562 g/mol. The molecule has 41 heavy (non-hydrogen) atoms. The molecule has 0 saturated carbocycles. The molecule has 208 valence electrons. The zero-order valence-electron chi connectivity index (χ0n) is 21.3. The van der Waals surface area contributed by atoms with Crippen molar-refractivity contribution >= 4 is 35.2 Å². The molecule has 2 saturated heterocycles. The number of hydrogen-bond donors (Lipinski definition) is 1. The van der Waals surface area contributed by atoms with Crippen LogP contribution < -0.4 is 19.7 Å². The summed E-state index contributed by atoms with van der Waals surface area (Å²) in [6.45, 7) is 0.701. The number of amides is 3. The molecule has 4 atom stereocenters. The first kappa shape index (κ1) is 25.2. The maximum atomic E-state index is 14.0. The van der Waals surface area contributed by atoms with E-state index in [0.717, 1.165) is 28.2 Å². The summed E-state index contributed by atoms with van der Waals surface area (Å²) in [6.07, 6.45) is -1.12. The van der Waals surface area contributed by atoms with Crippen molar-refractivity contribution in [3.8, 4) is 11.5 Å². The largest absolute Gasteiger partial charge is 0.486 e. The number of ether oxygens (including phenoxy) is 2. The third-order valence-electron chi connectivity index (χ3n) is 7.97. The van der Waals surface area contributed by atoms with E-state index in [4.69, 9.17) is 9.47 Å². The van der Waals surface area contributed by atoms with Gasteiger partial charge in [0.1, 0.15) is 19.3 Å². The van der Waals surface area contributed by atoms with Crippen LogP contribution in [0.4, 0.5) is 24.5 Å². The molecule has 0 bridgehead atoms. The minimum absolute atomic E-state index is 0.0633. The molecule has 3 aromatic rings. The Kier molecular flexibility index (Phi) is 5.60. The summed E-state index contributed by atoms with van der Waals surface area (Å²) in [5.41, 5.74) is 0.948. The van der Waals surface area contributed by atoms with Gasteiger partial charge < -0.3 is 19.7 Å². The topological polar surface area (TPSA) is 88.2 Å². The fourth-order valence-corrected chi connectivity index (χ4v) is 6.27. The molecule has 2 fully saturated rings. The van der Waals surface area contributed by atoms with Gasteiger partial charge in [-0.1, -0.05) is 30.3 Å². The van der Waals surface area contributed by atoms with Gasteiger partial charge in [-0.3, -0.25) is 14.4 Å². The third kappa shape index (κ3) is 3.94. The average Bonchev–Trinajstić information content (AvgIpc) is 3.44. The molecule has 8 nitrogen and oxygen atoms in total. The molecule has 1 unspecified atom stereocenters. The van der Waals surface area contributed by atoms with Crippen LogP contribution in [0.3, 0.4) is 0 Å².